The Morgan fingerprint density at radius 2 is 2.29 bits per heavy atom. The van der Waals surface area contributed by atoms with Crippen molar-refractivity contribution in [2.45, 2.75) is 6.42 Å². The highest BCUT2D eigenvalue weighted by Gasteiger charge is 2.09. The summed E-state index contributed by atoms with van der Waals surface area (Å²) in [5, 5.41) is 19.7. The fraction of sp³-hybridized carbons (Fsp3) is 0.333. The molecule has 1 rings (SSSR count). The van der Waals surface area contributed by atoms with E-state index in [-0.39, 0.29) is 18.7 Å². The van der Waals surface area contributed by atoms with Crippen molar-refractivity contribution < 1.29 is 14.8 Å². The van der Waals surface area contributed by atoms with Crippen molar-refractivity contribution in [1.29, 1.82) is 0 Å². The summed E-state index contributed by atoms with van der Waals surface area (Å²) in [5.74, 6) is 0.322. The fourth-order valence-electron chi connectivity index (χ4n) is 1.15. The number of ether oxygens (including phenoxy) is 1. The fourth-order valence-corrected chi connectivity index (χ4v) is 1.15. The van der Waals surface area contributed by atoms with Crippen molar-refractivity contribution in [3.8, 4) is 11.5 Å². The van der Waals surface area contributed by atoms with Crippen LogP contribution in [0.4, 0.5) is 0 Å². The summed E-state index contributed by atoms with van der Waals surface area (Å²) < 4.78 is 4.87. The molecule has 5 heteroatoms. The van der Waals surface area contributed by atoms with Crippen LogP contribution in [0.1, 0.15) is 5.56 Å². The summed E-state index contributed by atoms with van der Waals surface area (Å²) in [6.45, 7) is -0.194. The van der Waals surface area contributed by atoms with E-state index in [4.69, 9.17) is 4.74 Å². The van der Waals surface area contributed by atoms with Crippen LogP contribution in [0.15, 0.2) is 18.2 Å². The highest BCUT2D eigenvalue weighted by atomic mass is 16.6. The molecule has 1 aromatic carbocycles. The SMILES string of the molecule is COc1cccc(CC[N+](=O)[O-])c1O. The van der Waals surface area contributed by atoms with Crippen molar-refractivity contribution in [3.05, 3.63) is 33.9 Å². The van der Waals surface area contributed by atoms with Gasteiger partial charge in [-0.05, 0) is 6.07 Å². The van der Waals surface area contributed by atoms with Crippen LogP contribution in [0.3, 0.4) is 0 Å². The summed E-state index contributed by atoms with van der Waals surface area (Å²) in [5.41, 5.74) is 0.529. The van der Waals surface area contributed by atoms with Gasteiger partial charge in [-0.25, -0.2) is 0 Å². The van der Waals surface area contributed by atoms with E-state index in [9.17, 15) is 15.2 Å². The van der Waals surface area contributed by atoms with Gasteiger partial charge >= 0.3 is 0 Å². The number of aromatic hydroxyl groups is 1. The standard InChI is InChI=1S/C9H11NO4/c1-14-8-4-2-3-7(9(8)11)5-6-10(12)13/h2-4,11H,5-6H2,1H3. The molecule has 0 aromatic heterocycles. The summed E-state index contributed by atoms with van der Waals surface area (Å²) in [6, 6.07) is 4.93. The smallest absolute Gasteiger partial charge is 0.208 e. The van der Waals surface area contributed by atoms with E-state index in [2.05, 4.69) is 0 Å². The monoisotopic (exact) mass is 197 g/mol. The van der Waals surface area contributed by atoms with Crippen molar-refractivity contribution in [3.63, 3.8) is 0 Å². The molecule has 0 atom stereocenters. The van der Waals surface area contributed by atoms with E-state index in [0.717, 1.165) is 0 Å². The van der Waals surface area contributed by atoms with Crippen molar-refractivity contribution in [2.75, 3.05) is 13.7 Å². The molecule has 0 unspecified atom stereocenters. The third-order valence-corrected chi connectivity index (χ3v) is 1.87. The summed E-state index contributed by atoms with van der Waals surface area (Å²) in [4.78, 5) is 9.71. The molecule has 0 fully saturated rings. The summed E-state index contributed by atoms with van der Waals surface area (Å²) in [6.07, 6.45) is 0.204. The van der Waals surface area contributed by atoms with E-state index >= 15 is 0 Å². The molecule has 0 aliphatic heterocycles. The van der Waals surface area contributed by atoms with Crippen molar-refractivity contribution >= 4 is 0 Å². The molecule has 0 amide bonds. The average Bonchev–Trinajstić information content (AvgIpc) is 2.16. The maximum atomic E-state index is 10.1. The van der Waals surface area contributed by atoms with Crippen LogP contribution in [-0.2, 0) is 6.42 Å². The number of hydrogen-bond acceptors (Lipinski definition) is 4. The lowest BCUT2D eigenvalue weighted by molar-refractivity contribution is -0.479. The predicted octanol–water partition coefficient (Wildman–Crippen LogP) is 1.22. The van der Waals surface area contributed by atoms with Crippen LogP contribution in [-0.4, -0.2) is 23.7 Å². The van der Waals surface area contributed by atoms with E-state index in [0.29, 0.717) is 11.3 Å². The lowest BCUT2D eigenvalue weighted by Crippen LogP contribution is -2.04. The van der Waals surface area contributed by atoms with E-state index in [1.807, 2.05) is 0 Å². The maximum absolute atomic E-state index is 10.1. The number of nitrogens with zero attached hydrogens (tertiary/aromatic N) is 1. The normalized spacial score (nSPS) is 9.79. The largest absolute Gasteiger partial charge is 0.504 e. The topological polar surface area (TPSA) is 72.6 Å². The number of phenolic OH excluding ortho intramolecular Hbond substituents is 1. The van der Waals surface area contributed by atoms with Gasteiger partial charge in [0.1, 0.15) is 0 Å². The third kappa shape index (κ3) is 2.35. The molecule has 0 saturated carbocycles. The van der Waals surface area contributed by atoms with Crippen LogP contribution >= 0.6 is 0 Å². The number of methoxy groups -OCH3 is 1. The second kappa shape index (κ2) is 4.45. The molecule has 0 aliphatic rings. The average molecular weight is 197 g/mol. The molecule has 1 aromatic rings. The molecule has 1 N–H and O–H groups in total. The van der Waals surface area contributed by atoms with Gasteiger partial charge < -0.3 is 9.84 Å². The van der Waals surface area contributed by atoms with Crippen LogP contribution in [0.2, 0.25) is 0 Å². The minimum Gasteiger partial charge on any atom is -0.504 e. The molecule has 5 nitrogen and oxygen atoms in total. The molecule has 0 radical (unpaired) electrons. The molecule has 0 heterocycles. The van der Waals surface area contributed by atoms with Crippen molar-refractivity contribution in [2.24, 2.45) is 0 Å². The first-order valence-electron chi connectivity index (χ1n) is 4.11. The zero-order chi connectivity index (χ0) is 10.6. The molecule has 0 saturated heterocycles. The van der Waals surface area contributed by atoms with Gasteiger partial charge in [0.2, 0.25) is 6.54 Å². The van der Waals surface area contributed by atoms with E-state index in [1.54, 1.807) is 18.2 Å². The van der Waals surface area contributed by atoms with Gasteiger partial charge in [0.25, 0.3) is 0 Å². The van der Waals surface area contributed by atoms with Gasteiger partial charge in [0.05, 0.1) is 7.11 Å². The highest BCUT2D eigenvalue weighted by Crippen LogP contribution is 2.29. The quantitative estimate of drug-likeness (QED) is 0.581. The molecule has 14 heavy (non-hydrogen) atoms. The molecular formula is C9H11NO4. The molecule has 0 spiro atoms. The first-order chi connectivity index (χ1) is 6.65. The summed E-state index contributed by atoms with van der Waals surface area (Å²) in [7, 11) is 1.44. The second-order valence-electron chi connectivity index (χ2n) is 2.77. The Morgan fingerprint density at radius 3 is 2.86 bits per heavy atom. The minimum atomic E-state index is -0.418. The Labute approximate surface area is 81.1 Å². The number of benzene rings is 1. The van der Waals surface area contributed by atoms with E-state index < -0.39 is 4.92 Å². The lowest BCUT2D eigenvalue weighted by Gasteiger charge is -2.06. The Morgan fingerprint density at radius 1 is 1.57 bits per heavy atom. The zero-order valence-electron chi connectivity index (χ0n) is 7.77. The van der Waals surface area contributed by atoms with E-state index in [1.165, 1.54) is 7.11 Å². The van der Waals surface area contributed by atoms with Crippen LogP contribution in [0.25, 0.3) is 0 Å². The van der Waals surface area contributed by atoms with Crippen LogP contribution in [0.5, 0.6) is 11.5 Å². The number of rotatable bonds is 4. The number of hydrogen-bond donors (Lipinski definition) is 1. The van der Waals surface area contributed by atoms with Crippen molar-refractivity contribution in [1.82, 2.24) is 0 Å². The van der Waals surface area contributed by atoms with Gasteiger partial charge in [-0.3, -0.25) is 10.1 Å². The molecule has 76 valence electrons. The van der Waals surface area contributed by atoms with Gasteiger partial charge in [0.15, 0.2) is 11.5 Å². The number of nitro groups is 1. The Bertz CT molecular complexity index is 338. The minimum absolute atomic E-state index is 0.0168. The lowest BCUT2D eigenvalue weighted by atomic mass is 10.1. The van der Waals surface area contributed by atoms with Gasteiger partial charge in [0, 0.05) is 16.9 Å². The highest BCUT2D eigenvalue weighted by molar-refractivity contribution is 5.45. The Balaban J connectivity index is 2.81. The third-order valence-electron chi connectivity index (χ3n) is 1.87. The molecule has 0 bridgehead atoms. The van der Waals surface area contributed by atoms with Gasteiger partial charge in [-0.2, -0.15) is 0 Å². The molecule has 0 aliphatic carbocycles. The van der Waals surface area contributed by atoms with Crippen LogP contribution in [0, 0.1) is 10.1 Å². The maximum Gasteiger partial charge on any atom is 0.208 e. The second-order valence-corrected chi connectivity index (χ2v) is 2.77. The zero-order valence-corrected chi connectivity index (χ0v) is 7.77. The number of para-hydroxylation sites is 1. The van der Waals surface area contributed by atoms with Crippen LogP contribution < -0.4 is 4.74 Å². The van der Waals surface area contributed by atoms with Gasteiger partial charge in [-0.15, -0.1) is 0 Å². The Hall–Kier alpha value is -1.78. The predicted molar refractivity (Wildman–Crippen MR) is 50.2 cm³/mol. The first kappa shape index (κ1) is 10.3. The molecular weight excluding hydrogens is 186 g/mol. The van der Waals surface area contributed by atoms with Gasteiger partial charge in [-0.1, -0.05) is 12.1 Å². The summed E-state index contributed by atoms with van der Waals surface area (Å²) >= 11 is 0. The number of phenols is 1. The first-order valence-corrected chi connectivity index (χ1v) is 4.11. The Kier molecular flexibility index (Phi) is 3.28.